The molecule has 0 spiro atoms. The van der Waals surface area contributed by atoms with Crippen molar-refractivity contribution < 1.29 is 9.15 Å². The highest BCUT2D eigenvalue weighted by Gasteiger charge is 1.97. The van der Waals surface area contributed by atoms with E-state index in [-0.39, 0.29) is 0 Å². The number of nitrogens with zero attached hydrogens (tertiary/aromatic N) is 1. The van der Waals surface area contributed by atoms with E-state index in [1.807, 2.05) is 30.3 Å². The van der Waals surface area contributed by atoms with Gasteiger partial charge in [-0.05, 0) is 18.6 Å². The number of hydrogen-bond acceptors (Lipinski definition) is 3. The molecule has 0 saturated carbocycles. The van der Waals surface area contributed by atoms with Crippen LogP contribution in [0.5, 0.6) is 5.75 Å². The van der Waals surface area contributed by atoms with Gasteiger partial charge in [0.2, 0.25) is 0 Å². The van der Waals surface area contributed by atoms with Crippen molar-refractivity contribution in [1.29, 1.82) is 0 Å². The minimum Gasteiger partial charge on any atom is -0.494 e. The van der Waals surface area contributed by atoms with Crippen molar-refractivity contribution in [2.45, 2.75) is 12.8 Å². The number of oxazole rings is 1. The Morgan fingerprint density at radius 2 is 2.07 bits per heavy atom. The van der Waals surface area contributed by atoms with Gasteiger partial charge in [-0.1, -0.05) is 18.2 Å². The van der Waals surface area contributed by atoms with Crippen LogP contribution < -0.4 is 4.74 Å². The minimum absolute atomic E-state index is 0.687. The lowest BCUT2D eigenvalue weighted by Crippen LogP contribution is -1.99. The molecule has 15 heavy (non-hydrogen) atoms. The van der Waals surface area contributed by atoms with Crippen molar-refractivity contribution >= 4 is 0 Å². The Morgan fingerprint density at radius 3 is 2.80 bits per heavy atom. The molecule has 78 valence electrons. The van der Waals surface area contributed by atoms with Crippen LogP contribution in [0.15, 0.2) is 47.2 Å². The fourth-order valence-corrected chi connectivity index (χ4v) is 1.31. The summed E-state index contributed by atoms with van der Waals surface area (Å²) in [6.07, 6.45) is 4.98. The van der Waals surface area contributed by atoms with Crippen LogP contribution in [0, 0.1) is 0 Å². The Hall–Kier alpha value is -1.77. The standard InChI is InChI=1S/C12H13NO2/c1-2-5-11(6-3-1)14-9-4-7-12-13-8-10-15-12/h1-3,5-6,8,10H,4,7,9H2. The molecule has 3 heteroatoms. The average Bonchev–Trinajstić information content (AvgIpc) is 2.79. The van der Waals surface area contributed by atoms with Gasteiger partial charge in [-0.3, -0.25) is 0 Å². The first-order valence-corrected chi connectivity index (χ1v) is 5.01. The normalized spacial score (nSPS) is 10.1. The second kappa shape index (κ2) is 5.20. The Kier molecular flexibility index (Phi) is 3.38. The number of aromatic nitrogens is 1. The van der Waals surface area contributed by atoms with Gasteiger partial charge < -0.3 is 9.15 Å². The van der Waals surface area contributed by atoms with Gasteiger partial charge in [0.15, 0.2) is 5.89 Å². The number of ether oxygens (including phenoxy) is 1. The molecule has 0 aliphatic heterocycles. The molecular formula is C12H13NO2. The van der Waals surface area contributed by atoms with E-state index in [4.69, 9.17) is 9.15 Å². The Balaban J connectivity index is 1.68. The highest BCUT2D eigenvalue weighted by atomic mass is 16.5. The fraction of sp³-hybridized carbons (Fsp3) is 0.250. The maximum Gasteiger partial charge on any atom is 0.194 e. The summed E-state index contributed by atoms with van der Waals surface area (Å²) < 4.78 is 10.7. The molecule has 1 heterocycles. The zero-order chi connectivity index (χ0) is 10.3. The second-order valence-electron chi connectivity index (χ2n) is 3.19. The molecule has 0 aliphatic carbocycles. The highest BCUT2D eigenvalue weighted by molar-refractivity contribution is 5.20. The van der Waals surface area contributed by atoms with Crippen molar-refractivity contribution in [2.24, 2.45) is 0 Å². The Bertz CT molecular complexity index is 370. The van der Waals surface area contributed by atoms with Crippen molar-refractivity contribution in [2.75, 3.05) is 6.61 Å². The second-order valence-corrected chi connectivity index (χ2v) is 3.19. The van der Waals surface area contributed by atoms with E-state index in [0.717, 1.165) is 24.5 Å². The van der Waals surface area contributed by atoms with Gasteiger partial charge in [-0.2, -0.15) is 0 Å². The summed E-state index contributed by atoms with van der Waals surface area (Å²) in [7, 11) is 0. The summed E-state index contributed by atoms with van der Waals surface area (Å²) in [6.45, 7) is 0.687. The average molecular weight is 203 g/mol. The molecule has 0 atom stereocenters. The molecule has 1 aromatic carbocycles. The van der Waals surface area contributed by atoms with Crippen LogP contribution >= 0.6 is 0 Å². The molecule has 0 unspecified atom stereocenters. The van der Waals surface area contributed by atoms with Gasteiger partial charge in [0.05, 0.1) is 12.8 Å². The lowest BCUT2D eigenvalue weighted by molar-refractivity contribution is 0.305. The number of rotatable bonds is 5. The summed E-state index contributed by atoms with van der Waals surface area (Å²) in [4.78, 5) is 4.04. The summed E-state index contributed by atoms with van der Waals surface area (Å²) in [5.41, 5.74) is 0. The quantitative estimate of drug-likeness (QED) is 0.701. The predicted octanol–water partition coefficient (Wildman–Crippen LogP) is 2.69. The molecule has 0 fully saturated rings. The van der Waals surface area contributed by atoms with Gasteiger partial charge in [-0.25, -0.2) is 4.98 Å². The van der Waals surface area contributed by atoms with Gasteiger partial charge in [0.25, 0.3) is 0 Å². The first kappa shape index (κ1) is 9.77. The molecule has 2 rings (SSSR count). The Morgan fingerprint density at radius 1 is 1.20 bits per heavy atom. The molecule has 0 saturated heterocycles. The molecule has 3 nitrogen and oxygen atoms in total. The SMILES string of the molecule is c1ccc(OCCCc2ncco2)cc1. The summed E-state index contributed by atoms with van der Waals surface area (Å²) in [6, 6.07) is 9.79. The van der Waals surface area contributed by atoms with E-state index in [0.29, 0.717) is 6.61 Å². The van der Waals surface area contributed by atoms with Gasteiger partial charge >= 0.3 is 0 Å². The van der Waals surface area contributed by atoms with Crippen LogP contribution in [0.3, 0.4) is 0 Å². The van der Waals surface area contributed by atoms with Crippen LogP contribution in [0.4, 0.5) is 0 Å². The maximum absolute atomic E-state index is 5.53. The van der Waals surface area contributed by atoms with Crippen LogP contribution in [0.1, 0.15) is 12.3 Å². The number of benzene rings is 1. The third-order valence-electron chi connectivity index (χ3n) is 2.03. The third-order valence-corrected chi connectivity index (χ3v) is 2.03. The molecule has 0 N–H and O–H groups in total. The highest BCUT2D eigenvalue weighted by Crippen LogP contribution is 2.09. The third kappa shape index (κ3) is 3.13. The van der Waals surface area contributed by atoms with Crippen LogP contribution in [0.2, 0.25) is 0 Å². The molecule has 0 aliphatic rings. The maximum atomic E-state index is 5.53. The zero-order valence-corrected chi connectivity index (χ0v) is 8.43. The monoisotopic (exact) mass is 203 g/mol. The van der Waals surface area contributed by atoms with Crippen molar-refractivity contribution in [3.63, 3.8) is 0 Å². The van der Waals surface area contributed by atoms with Crippen LogP contribution in [-0.2, 0) is 6.42 Å². The molecule has 1 aromatic heterocycles. The summed E-state index contributed by atoms with van der Waals surface area (Å²) >= 11 is 0. The van der Waals surface area contributed by atoms with E-state index in [1.54, 1.807) is 12.5 Å². The molecular weight excluding hydrogens is 190 g/mol. The lowest BCUT2D eigenvalue weighted by Gasteiger charge is -2.03. The number of para-hydroxylation sites is 1. The smallest absolute Gasteiger partial charge is 0.194 e. The molecule has 0 radical (unpaired) electrons. The van der Waals surface area contributed by atoms with Crippen LogP contribution in [-0.4, -0.2) is 11.6 Å². The molecule has 0 amide bonds. The van der Waals surface area contributed by atoms with Crippen molar-refractivity contribution in [1.82, 2.24) is 4.98 Å². The Labute approximate surface area is 88.7 Å². The first-order chi connectivity index (χ1) is 7.45. The predicted molar refractivity (Wildman–Crippen MR) is 56.8 cm³/mol. The van der Waals surface area contributed by atoms with E-state index >= 15 is 0 Å². The number of aryl methyl sites for hydroxylation is 1. The van der Waals surface area contributed by atoms with Crippen LogP contribution in [0.25, 0.3) is 0 Å². The van der Waals surface area contributed by atoms with Gasteiger partial charge in [-0.15, -0.1) is 0 Å². The lowest BCUT2D eigenvalue weighted by atomic mass is 10.3. The van der Waals surface area contributed by atoms with Crippen molar-refractivity contribution in [3.05, 3.63) is 48.7 Å². The minimum atomic E-state index is 0.687. The first-order valence-electron chi connectivity index (χ1n) is 5.01. The van der Waals surface area contributed by atoms with E-state index in [9.17, 15) is 0 Å². The topological polar surface area (TPSA) is 35.3 Å². The summed E-state index contributed by atoms with van der Waals surface area (Å²) in [5, 5.41) is 0. The zero-order valence-electron chi connectivity index (χ0n) is 8.43. The van der Waals surface area contributed by atoms with Crippen molar-refractivity contribution in [3.8, 4) is 5.75 Å². The molecule has 2 aromatic rings. The van der Waals surface area contributed by atoms with E-state index in [1.165, 1.54) is 0 Å². The summed E-state index contributed by atoms with van der Waals surface area (Å²) in [5.74, 6) is 1.68. The van der Waals surface area contributed by atoms with Gasteiger partial charge in [0.1, 0.15) is 12.0 Å². The molecule has 0 bridgehead atoms. The van der Waals surface area contributed by atoms with E-state index < -0.39 is 0 Å². The van der Waals surface area contributed by atoms with Gasteiger partial charge in [0, 0.05) is 6.42 Å². The number of hydrogen-bond donors (Lipinski definition) is 0. The largest absolute Gasteiger partial charge is 0.494 e. The fourth-order valence-electron chi connectivity index (χ4n) is 1.31. The van der Waals surface area contributed by atoms with E-state index in [2.05, 4.69) is 4.98 Å².